The summed E-state index contributed by atoms with van der Waals surface area (Å²) in [6.07, 6.45) is 5.42. The molecule has 0 saturated heterocycles. The van der Waals surface area contributed by atoms with E-state index in [1.165, 1.54) is 0 Å². The van der Waals surface area contributed by atoms with Gasteiger partial charge in [0.15, 0.2) is 0 Å². The van der Waals surface area contributed by atoms with Crippen molar-refractivity contribution in [2.45, 2.75) is 0 Å². The lowest BCUT2D eigenvalue weighted by Crippen LogP contribution is -1.92. The molecule has 3 rings (SSSR count). The number of nitrogens with one attached hydrogen (secondary N) is 1. The van der Waals surface area contributed by atoms with Gasteiger partial charge in [-0.1, -0.05) is 6.07 Å². The van der Waals surface area contributed by atoms with Crippen LogP contribution in [0.25, 0.3) is 10.8 Å². The summed E-state index contributed by atoms with van der Waals surface area (Å²) in [7, 11) is 0. The SMILES string of the molecule is Brc1ccc(Nc2ccc3cnccc3c2)nc1. The molecule has 0 aliphatic carbocycles. The van der Waals surface area contributed by atoms with Crippen molar-refractivity contribution >= 4 is 38.2 Å². The summed E-state index contributed by atoms with van der Waals surface area (Å²) in [5.41, 5.74) is 1.02. The van der Waals surface area contributed by atoms with E-state index in [0.717, 1.165) is 26.8 Å². The van der Waals surface area contributed by atoms with E-state index >= 15 is 0 Å². The summed E-state index contributed by atoms with van der Waals surface area (Å²) >= 11 is 3.37. The fourth-order valence-electron chi connectivity index (χ4n) is 1.76. The Bertz CT molecular complexity index is 680. The van der Waals surface area contributed by atoms with Gasteiger partial charge in [-0.05, 0) is 51.6 Å². The molecule has 0 saturated carbocycles. The molecule has 0 amide bonds. The molecule has 0 bridgehead atoms. The fourth-order valence-corrected chi connectivity index (χ4v) is 1.99. The number of nitrogens with zero attached hydrogens (tertiary/aromatic N) is 2. The van der Waals surface area contributed by atoms with Crippen LogP contribution in [0.5, 0.6) is 0 Å². The topological polar surface area (TPSA) is 37.8 Å². The van der Waals surface area contributed by atoms with Crippen LogP contribution in [0.1, 0.15) is 0 Å². The standard InChI is InChI=1S/C14H10BrN3/c15-12-2-4-14(17-9-12)18-13-3-1-11-8-16-6-5-10(11)7-13/h1-9H,(H,17,18). The van der Waals surface area contributed by atoms with E-state index in [9.17, 15) is 0 Å². The molecule has 88 valence electrons. The second-order valence-electron chi connectivity index (χ2n) is 3.92. The first-order valence-corrected chi connectivity index (χ1v) is 6.33. The molecule has 1 N–H and O–H groups in total. The Balaban J connectivity index is 1.92. The number of benzene rings is 1. The molecule has 0 aliphatic heterocycles. The third-order valence-electron chi connectivity index (χ3n) is 2.64. The number of pyridine rings is 2. The number of aromatic nitrogens is 2. The summed E-state index contributed by atoms with van der Waals surface area (Å²) in [5.74, 6) is 0.826. The zero-order chi connectivity index (χ0) is 12.4. The smallest absolute Gasteiger partial charge is 0.130 e. The van der Waals surface area contributed by atoms with Gasteiger partial charge >= 0.3 is 0 Å². The molecule has 4 heteroatoms. The number of halogens is 1. The Morgan fingerprint density at radius 3 is 2.72 bits per heavy atom. The van der Waals surface area contributed by atoms with E-state index in [1.807, 2.05) is 36.5 Å². The third kappa shape index (κ3) is 2.33. The predicted octanol–water partition coefficient (Wildman–Crippen LogP) is 4.14. The first-order valence-electron chi connectivity index (χ1n) is 5.54. The second kappa shape index (κ2) is 4.74. The average molecular weight is 300 g/mol. The van der Waals surface area contributed by atoms with Crippen LogP contribution in [0.4, 0.5) is 11.5 Å². The molecule has 0 aliphatic rings. The minimum absolute atomic E-state index is 0.826. The molecule has 0 spiro atoms. The zero-order valence-electron chi connectivity index (χ0n) is 9.47. The number of rotatable bonds is 2. The summed E-state index contributed by atoms with van der Waals surface area (Å²) in [6, 6.07) is 12.0. The fraction of sp³-hybridized carbons (Fsp3) is 0. The van der Waals surface area contributed by atoms with E-state index in [0.29, 0.717) is 0 Å². The maximum Gasteiger partial charge on any atom is 0.130 e. The van der Waals surface area contributed by atoms with Gasteiger partial charge in [0.1, 0.15) is 5.82 Å². The highest BCUT2D eigenvalue weighted by Gasteiger charge is 1.98. The first kappa shape index (κ1) is 11.2. The summed E-state index contributed by atoms with van der Waals surface area (Å²) in [4.78, 5) is 8.38. The van der Waals surface area contributed by atoms with E-state index in [1.54, 1.807) is 12.4 Å². The van der Waals surface area contributed by atoms with E-state index in [2.05, 4.69) is 37.3 Å². The van der Waals surface area contributed by atoms with Crippen LogP contribution in [0.2, 0.25) is 0 Å². The molecule has 0 fully saturated rings. The number of hydrogen-bond donors (Lipinski definition) is 1. The molecule has 0 atom stereocenters. The van der Waals surface area contributed by atoms with Crippen molar-refractivity contribution in [2.24, 2.45) is 0 Å². The minimum atomic E-state index is 0.826. The van der Waals surface area contributed by atoms with Gasteiger partial charge in [-0.15, -0.1) is 0 Å². The van der Waals surface area contributed by atoms with Crippen molar-refractivity contribution in [1.29, 1.82) is 0 Å². The van der Waals surface area contributed by atoms with E-state index in [4.69, 9.17) is 0 Å². The normalized spacial score (nSPS) is 10.5. The molecular weight excluding hydrogens is 290 g/mol. The molecule has 2 aromatic heterocycles. The number of fused-ring (bicyclic) bond motifs is 1. The minimum Gasteiger partial charge on any atom is -0.340 e. The third-order valence-corrected chi connectivity index (χ3v) is 3.11. The van der Waals surface area contributed by atoms with Crippen LogP contribution in [-0.2, 0) is 0 Å². The lowest BCUT2D eigenvalue weighted by molar-refractivity contribution is 1.29. The highest BCUT2D eigenvalue weighted by atomic mass is 79.9. The lowest BCUT2D eigenvalue weighted by atomic mass is 10.1. The van der Waals surface area contributed by atoms with Crippen molar-refractivity contribution in [3.8, 4) is 0 Å². The maximum absolute atomic E-state index is 4.28. The van der Waals surface area contributed by atoms with Crippen LogP contribution < -0.4 is 5.32 Å². The monoisotopic (exact) mass is 299 g/mol. The Morgan fingerprint density at radius 2 is 1.89 bits per heavy atom. The first-order chi connectivity index (χ1) is 8.81. The Hall–Kier alpha value is -1.94. The molecule has 0 radical (unpaired) electrons. The maximum atomic E-state index is 4.28. The molecule has 0 unspecified atom stereocenters. The van der Waals surface area contributed by atoms with Gasteiger partial charge in [-0.2, -0.15) is 0 Å². The van der Waals surface area contributed by atoms with Crippen LogP contribution in [0.15, 0.2) is 59.5 Å². The molecule has 3 nitrogen and oxygen atoms in total. The van der Waals surface area contributed by atoms with Crippen LogP contribution in [0.3, 0.4) is 0 Å². The van der Waals surface area contributed by atoms with Gasteiger partial charge in [0.2, 0.25) is 0 Å². The second-order valence-corrected chi connectivity index (χ2v) is 4.84. The van der Waals surface area contributed by atoms with Crippen LogP contribution in [0, 0.1) is 0 Å². The highest BCUT2D eigenvalue weighted by molar-refractivity contribution is 9.10. The van der Waals surface area contributed by atoms with Crippen LogP contribution >= 0.6 is 15.9 Å². The highest BCUT2D eigenvalue weighted by Crippen LogP contribution is 2.21. The molecule has 18 heavy (non-hydrogen) atoms. The number of anilines is 2. The molecule has 2 heterocycles. The summed E-state index contributed by atoms with van der Waals surface area (Å²) in [6.45, 7) is 0. The van der Waals surface area contributed by atoms with Crippen molar-refractivity contribution in [2.75, 3.05) is 5.32 Å². The predicted molar refractivity (Wildman–Crippen MR) is 77.0 cm³/mol. The van der Waals surface area contributed by atoms with Gasteiger partial charge in [-0.25, -0.2) is 4.98 Å². The molecular formula is C14H10BrN3. The summed E-state index contributed by atoms with van der Waals surface area (Å²) in [5, 5.41) is 5.56. The van der Waals surface area contributed by atoms with E-state index in [-0.39, 0.29) is 0 Å². The van der Waals surface area contributed by atoms with Crippen LogP contribution in [-0.4, -0.2) is 9.97 Å². The van der Waals surface area contributed by atoms with Gasteiger partial charge in [0, 0.05) is 34.1 Å². The Morgan fingerprint density at radius 1 is 0.944 bits per heavy atom. The van der Waals surface area contributed by atoms with Crippen molar-refractivity contribution in [3.05, 3.63) is 59.5 Å². The lowest BCUT2D eigenvalue weighted by Gasteiger charge is -2.06. The van der Waals surface area contributed by atoms with Gasteiger partial charge in [0.25, 0.3) is 0 Å². The summed E-state index contributed by atoms with van der Waals surface area (Å²) < 4.78 is 0.970. The number of hydrogen-bond acceptors (Lipinski definition) is 3. The average Bonchev–Trinajstić information content (AvgIpc) is 2.41. The molecule has 1 aromatic carbocycles. The van der Waals surface area contributed by atoms with Crippen molar-refractivity contribution in [1.82, 2.24) is 9.97 Å². The van der Waals surface area contributed by atoms with E-state index < -0.39 is 0 Å². The quantitative estimate of drug-likeness (QED) is 0.773. The largest absolute Gasteiger partial charge is 0.340 e. The Labute approximate surface area is 113 Å². The Kier molecular flexibility index (Phi) is 2.94. The van der Waals surface area contributed by atoms with Gasteiger partial charge < -0.3 is 5.32 Å². The van der Waals surface area contributed by atoms with Crippen molar-refractivity contribution < 1.29 is 0 Å². The zero-order valence-corrected chi connectivity index (χ0v) is 11.1. The van der Waals surface area contributed by atoms with Gasteiger partial charge in [0.05, 0.1) is 0 Å². The van der Waals surface area contributed by atoms with Crippen molar-refractivity contribution in [3.63, 3.8) is 0 Å². The molecule has 3 aromatic rings. The van der Waals surface area contributed by atoms with Gasteiger partial charge in [-0.3, -0.25) is 4.98 Å².